The van der Waals surface area contributed by atoms with Crippen LogP contribution in [0.2, 0.25) is 10.0 Å². The summed E-state index contributed by atoms with van der Waals surface area (Å²) in [5, 5.41) is 4.76. The lowest BCUT2D eigenvalue weighted by Crippen LogP contribution is -2.26. The maximum atomic E-state index is 5.99. The van der Waals surface area contributed by atoms with Gasteiger partial charge in [-0.1, -0.05) is 23.2 Å². The molecule has 0 aromatic heterocycles. The Labute approximate surface area is 107 Å². The third-order valence-corrected chi connectivity index (χ3v) is 3.42. The van der Waals surface area contributed by atoms with E-state index in [0.29, 0.717) is 10.0 Å². The summed E-state index contributed by atoms with van der Waals surface area (Å²) in [6.07, 6.45) is 1.25. The van der Waals surface area contributed by atoms with Crippen molar-refractivity contribution in [2.75, 3.05) is 31.6 Å². The maximum absolute atomic E-state index is 5.99. The summed E-state index contributed by atoms with van der Waals surface area (Å²) in [6, 6.07) is 5.67. The van der Waals surface area contributed by atoms with Gasteiger partial charge in [0, 0.05) is 29.3 Å². The van der Waals surface area contributed by atoms with E-state index in [9.17, 15) is 0 Å². The Hall–Kier alpha value is -0.440. The highest BCUT2D eigenvalue weighted by Crippen LogP contribution is 2.25. The number of benzene rings is 1. The zero-order valence-corrected chi connectivity index (χ0v) is 10.9. The highest BCUT2D eigenvalue weighted by Gasteiger charge is 2.16. The third kappa shape index (κ3) is 3.03. The Morgan fingerprint density at radius 3 is 2.56 bits per heavy atom. The van der Waals surface area contributed by atoms with Gasteiger partial charge in [-0.2, -0.15) is 0 Å². The first kappa shape index (κ1) is 12.0. The van der Waals surface area contributed by atoms with Gasteiger partial charge in [-0.3, -0.25) is 0 Å². The molecule has 1 aromatic rings. The first-order valence-electron chi connectivity index (χ1n) is 5.53. The fourth-order valence-corrected chi connectivity index (χ4v) is 2.64. The Bertz CT molecular complexity index is 342. The molecule has 1 N–H and O–H groups in total. The molecule has 1 saturated heterocycles. The Morgan fingerprint density at radius 2 is 2.00 bits per heavy atom. The van der Waals surface area contributed by atoms with Crippen LogP contribution in [0.15, 0.2) is 18.2 Å². The summed E-state index contributed by atoms with van der Waals surface area (Å²) in [4.78, 5) is 2.22. The monoisotopic (exact) mass is 258 g/mol. The van der Waals surface area contributed by atoms with E-state index < -0.39 is 0 Å². The van der Waals surface area contributed by atoms with Crippen LogP contribution in [0.25, 0.3) is 0 Å². The SMILES string of the molecule is CN(CC1CCNC1)c1cc(Cl)cc(Cl)c1. The lowest BCUT2D eigenvalue weighted by molar-refractivity contribution is 0.578. The van der Waals surface area contributed by atoms with Crippen molar-refractivity contribution in [2.24, 2.45) is 5.92 Å². The van der Waals surface area contributed by atoms with Gasteiger partial charge < -0.3 is 10.2 Å². The van der Waals surface area contributed by atoms with Crippen LogP contribution in [0.3, 0.4) is 0 Å². The second kappa shape index (κ2) is 5.26. The molecule has 0 amide bonds. The lowest BCUT2D eigenvalue weighted by atomic mass is 10.1. The van der Waals surface area contributed by atoms with Gasteiger partial charge in [-0.05, 0) is 43.6 Å². The van der Waals surface area contributed by atoms with E-state index in [1.54, 1.807) is 6.07 Å². The molecule has 0 bridgehead atoms. The molecule has 4 heteroatoms. The average molecular weight is 259 g/mol. The largest absolute Gasteiger partial charge is 0.374 e. The quantitative estimate of drug-likeness (QED) is 0.897. The fraction of sp³-hybridized carbons (Fsp3) is 0.500. The zero-order valence-electron chi connectivity index (χ0n) is 9.34. The van der Waals surface area contributed by atoms with E-state index in [0.717, 1.165) is 31.2 Å². The van der Waals surface area contributed by atoms with Gasteiger partial charge in [-0.15, -0.1) is 0 Å². The fourth-order valence-electron chi connectivity index (χ4n) is 2.12. The molecule has 0 aliphatic carbocycles. The van der Waals surface area contributed by atoms with Crippen LogP contribution in [0, 0.1) is 5.92 Å². The predicted octanol–water partition coefficient (Wildman–Crippen LogP) is 3.04. The number of rotatable bonds is 3. The highest BCUT2D eigenvalue weighted by atomic mass is 35.5. The summed E-state index contributed by atoms with van der Waals surface area (Å²) < 4.78 is 0. The minimum absolute atomic E-state index is 0.693. The van der Waals surface area contributed by atoms with Crippen molar-refractivity contribution >= 4 is 28.9 Å². The summed E-state index contributed by atoms with van der Waals surface area (Å²) in [7, 11) is 2.08. The van der Waals surface area contributed by atoms with Crippen molar-refractivity contribution in [1.82, 2.24) is 5.32 Å². The molecule has 16 heavy (non-hydrogen) atoms. The van der Waals surface area contributed by atoms with Crippen molar-refractivity contribution in [2.45, 2.75) is 6.42 Å². The molecule has 0 spiro atoms. The normalized spacial score (nSPS) is 20.1. The summed E-state index contributed by atoms with van der Waals surface area (Å²) in [5.41, 5.74) is 1.09. The van der Waals surface area contributed by atoms with Crippen molar-refractivity contribution in [3.05, 3.63) is 28.2 Å². The van der Waals surface area contributed by atoms with Gasteiger partial charge in [0.25, 0.3) is 0 Å². The number of halogens is 2. The van der Waals surface area contributed by atoms with Crippen LogP contribution >= 0.6 is 23.2 Å². The van der Waals surface area contributed by atoms with Crippen molar-refractivity contribution in [3.8, 4) is 0 Å². The molecule has 1 atom stereocenters. The standard InChI is InChI=1S/C12H16Cl2N2/c1-16(8-9-2-3-15-7-9)12-5-10(13)4-11(14)6-12/h4-6,9,15H,2-3,7-8H2,1H3. The van der Waals surface area contributed by atoms with E-state index in [-0.39, 0.29) is 0 Å². The van der Waals surface area contributed by atoms with E-state index >= 15 is 0 Å². The van der Waals surface area contributed by atoms with Crippen LogP contribution in [0.4, 0.5) is 5.69 Å². The molecular weight excluding hydrogens is 243 g/mol. The zero-order chi connectivity index (χ0) is 11.5. The topological polar surface area (TPSA) is 15.3 Å². The van der Waals surface area contributed by atoms with Crippen molar-refractivity contribution in [3.63, 3.8) is 0 Å². The van der Waals surface area contributed by atoms with Gasteiger partial charge in [0.15, 0.2) is 0 Å². The van der Waals surface area contributed by atoms with Crippen molar-refractivity contribution in [1.29, 1.82) is 0 Å². The summed E-state index contributed by atoms with van der Waals surface area (Å²) in [5.74, 6) is 0.725. The van der Waals surface area contributed by atoms with Crippen LogP contribution < -0.4 is 10.2 Å². The second-order valence-corrected chi connectivity index (χ2v) is 5.24. The average Bonchev–Trinajstić information content (AvgIpc) is 2.68. The molecule has 1 fully saturated rings. The van der Waals surface area contributed by atoms with Gasteiger partial charge in [0.05, 0.1) is 0 Å². The number of nitrogens with zero attached hydrogens (tertiary/aromatic N) is 1. The molecule has 1 unspecified atom stereocenters. The molecule has 1 heterocycles. The van der Waals surface area contributed by atoms with E-state index in [1.165, 1.54) is 6.42 Å². The molecular formula is C12H16Cl2N2. The molecule has 0 saturated carbocycles. The molecule has 1 aliphatic rings. The Kier molecular flexibility index (Phi) is 3.95. The van der Waals surface area contributed by atoms with Crippen LogP contribution in [0.5, 0.6) is 0 Å². The number of hydrogen-bond donors (Lipinski definition) is 1. The predicted molar refractivity (Wildman–Crippen MR) is 70.7 cm³/mol. The first-order chi connectivity index (χ1) is 7.65. The molecule has 2 rings (SSSR count). The summed E-state index contributed by atoms with van der Waals surface area (Å²) >= 11 is 12.0. The highest BCUT2D eigenvalue weighted by molar-refractivity contribution is 6.35. The van der Waals surface area contributed by atoms with Gasteiger partial charge >= 0.3 is 0 Å². The van der Waals surface area contributed by atoms with Gasteiger partial charge in [-0.25, -0.2) is 0 Å². The first-order valence-corrected chi connectivity index (χ1v) is 6.28. The number of hydrogen-bond acceptors (Lipinski definition) is 2. The smallest absolute Gasteiger partial charge is 0.0441 e. The molecule has 88 valence electrons. The summed E-state index contributed by atoms with van der Waals surface area (Å²) in [6.45, 7) is 3.29. The molecule has 2 nitrogen and oxygen atoms in total. The van der Waals surface area contributed by atoms with E-state index in [2.05, 4.69) is 17.3 Å². The Morgan fingerprint density at radius 1 is 1.31 bits per heavy atom. The maximum Gasteiger partial charge on any atom is 0.0441 e. The van der Waals surface area contributed by atoms with E-state index in [1.807, 2.05) is 12.1 Å². The van der Waals surface area contributed by atoms with E-state index in [4.69, 9.17) is 23.2 Å². The molecule has 1 aromatic carbocycles. The van der Waals surface area contributed by atoms with Crippen LogP contribution in [-0.4, -0.2) is 26.7 Å². The number of anilines is 1. The van der Waals surface area contributed by atoms with Crippen molar-refractivity contribution < 1.29 is 0 Å². The Balaban J connectivity index is 2.04. The lowest BCUT2D eigenvalue weighted by Gasteiger charge is -2.23. The van der Waals surface area contributed by atoms with Crippen LogP contribution in [-0.2, 0) is 0 Å². The van der Waals surface area contributed by atoms with Crippen LogP contribution in [0.1, 0.15) is 6.42 Å². The minimum Gasteiger partial charge on any atom is -0.374 e. The number of nitrogens with one attached hydrogen (secondary N) is 1. The van der Waals surface area contributed by atoms with Gasteiger partial charge in [0.2, 0.25) is 0 Å². The molecule has 0 radical (unpaired) electrons. The molecule has 1 aliphatic heterocycles. The third-order valence-electron chi connectivity index (χ3n) is 2.98. The second-order valence-electron chi connectivity index (χ2n) is 4.37. The minimum atomic E-state index is 0.693. The van der Waals surface area contributed by atoms with Gasteiger partial charge in [0.1, 0.15) is 0 Å².